The largest absolute Gasteiger partial charge is 0.366 e. The molecule has 0 radical (unpaired) electrons. The van der Waals surface area contributed by atoms with Crippen LogP contribution in [0.4, 0.5) is 0 Å². The van der Waals surface area contributed by atoms with E-state index in [0.717, 1.165) is 0 Å². The number of hydrogen-bond donors (Lipinski definition) is 3. The van der Waals surface area contributed by atoms with Gasteiger partial charge in [-0.3, -0.25) is 4.79 Å². The normalized spacial score (nSPS) is 10.6. The highest BCUT2D eigenvalue weighted by Gasteiger charge is 2.12. The Labute approximate surface area is 90.8 Å². The van der Waals surface area contributed by atoms with Gasteiger partial charge in [-0.15, -0.1) is 0 Å². The third-order valence-electron chi connectivity index (χ3n) is 1.38. The van der Waals surface area contributed by atoms with E-state index in [1.165, 1.54) is 0 Å². The van der Waals surface area contributed by atoms with Crippen molar-refractivity contribution in [2.24, 2.45) is 0 Å². The van der Waals surface area contributed by atoms with E-state index in [1.54, 1.807) is 7.05 Å². The number of amides is 1. The summed E-state index contributed by atoms with van der Waals surface area (Å²) < 4.78 is 0. The Morgan fingerprint density at radius 2 is 1.93 bits per heavy atom. The van der Waals surface area contributed by atoms with Crippen LogP contribution >= 0.6 is 12.2 Å². The molecule has 0 heterocycles. The number of carbonyl (C=O) groups excluding carboxylic acids is 1. The fourth-order valence-electron chi connectivity index (χ4n) is 0.859. The lowest BCUT2D eigenvalue weighted by Crippen LogP contribution is -2.42. The Hall–Kier alpha value is -0.840. The molecule has 0 rings (SSSR count). The van der Waals surface area contributed by atoms with Gasteiger partial charge in [-0.2, -0.15) is 0 Å². The highest BCUT2D eigenvalue weighted by atomic mass is 32.1. The second-order valence-electron chi connectivity index (χ2n) is 4.05. The standard InChI is InChI=1S/C9H19N3OS/c1-9(2,3)12-7(13)5-6-11-8(14)10-4/h5-6H2,1-4H3,(H,12,13)(H2,10,11,14). The first-order valence-electron chi connectivity index (χ1n) is 4.62. The van der Waals surface area contributed by atoms with Crippen LogP contribution in [0, 0.1) is 0 Å². The van der Waals surface area contributed by atoms with Crippen LogP contribution in [0.3, 0.4) is 0 Å². The van der Waals surface area contributed by atoms with E-state index >= 15 is 0 Å². The van der Waals surface area contributed by atoms with Gasteiger partial charge in [0.15, 0.2) is 5.11 Å². The van der Waals surface area contributed by atoms with Crippen molar-refractivity contribution in [2.75, 3.05) is 13.6 Å². The first-order valence-corrected chi connectivity index (χ1v) is 5.02. The van der Waals surface area contributed by atoms with Crippen molar-refractivity contribution in [3.63, 3.8) is 0 Å². The molecule has 0 aromatic rings. The van der Waals surface area contributed by atoms with E-state index in [2.05, 4.69) is 16.0 Å². The number of nitrogens with one attached hydrogen (secondary N) is 3. The summed E-state index contributed by atoms with van der Waals surface area (Å²) in [6, 6.07) is 0. The molecule has 0 aliphatic heterocycles. The highest BCUT2D eigenvalue weighted by Crippen LogP contribution is 1.98. The molecular formula is C9H19N3OS. The molecule has 0 fully saturated rings. The maximum Gasteiger partial charge on any atom is 0.222 e. The van der Waals surface area contributed by atoms with Crippen molar-refractivity contribution in [1.82, 2.24) is 16.0 Å². The zero-order valence-electron chi connectivity index (χ0n) is 9.23. The van der Waals surface area contributed by atoms with Crippen LogP contribution in [-0.2, 0) is 4.79 Å². The molecule has 0 aliphatic rings. The summed E-state index contributed by atoms with van der Waals surface area (Å²) in [5.41, 5.74) is -0.166. The van der Waals surface area contributed by atoms with E-state index in [4.69, 9.17) is 12.2 Å². The Bertz CT molecular complexity index is 211. The van der Waals surface area contributed by atoms with Gasteiger partial charge in [0.2, 0.25) is 5.91 Å². The van der Waals surface area contributed by atoms with Gasteiger partial charge < -0.3 is 16.0 Å². The second-order valence-corrected chi connectivity index (χ2v) is 4.46. The summed E-state index contributed by atoms with van der Waals surface area (Å²) in [6.45, 7) is 6.42. The van der Waals surface area contributed by atoms with Crippen LogP contribution in [0.1, 0.15) is 27.2 Å². The number of carbonyl (C=O) groups is 1. The van der Waals surface area contributed by atoms with Gasteiger partial charge in [0.25, 0.3) is 0 Å². The van der Waals surface area contributed by atoms with Gasteiger partial charge in [-0.1, -0.05) is 0 Å². The lowest BCUT2D eigenvalue weighted by molar-refractivity contribution is -0.122. The number of hydrogen-bond acceptors (Lipinski definition) is 2. The van der Waals surface area contributed by atoms with Crippen molar-refractivity contribution in [2.45, 2.75) is 32.7 Å². The zero-order chi connectivity index (χ0) is 11.2. The van der Waals surface area contributed by atoms with E-state index in [-0.39, 0.29) is 11.4 Å². The average molecular weight is 217 g/mol. The molecular weight excluding hydrogens is 198 g/mol. The summed E-state index contributed by atoms with van der Waals surface area (Å²) >= 11 is 4.86. The van der Waals surface area contributed by atoms with Gasteiger partial charge in [0.05, 0.1) is 0 Å². The zero-order valence-corrected chi connectivity index (χ0v) is 10.0. The first-order chi connectivity index (χ1) is 6.35. The lowest BCUT2D eigenvalue weighted by atomic mass is 10.1. The van der Waals surface area contributed by atoms with Crippen LogP contribution < -0.4 is 16.0 Å². The third kappa shape index (κ3) is 7.79. The van der Waals surface area contributed by atoms with Gasteiger partial charge in [0, 0.05) is 25.6 Å². The predicted molar refractivity (Wildman–Crippen MR) is 62.2 cm³/mol. The molecule has 0 aromatic carbocycles. The van der Waals surface area contributed by atoms with Crippen molar-refractivity contribution >= 4 is 23.2 Å². The fraction of sp³-hybridized carbons (Fsp3) is 0.778. The average Bonchev–Trinajstić information content (AvgIpc) is 2.00. The molecule has 4 nitrogen and oxygen atoms in total. The minimum absolute atomic E-state index is 0.0314. The smallest absolute Gasteiger partial charge is 0.222 e. The van der Waals surface area contributed by atoms with Gasteiger partial charge in [0.1, 0.15) is 0 Å². The SMILES string of the molecule is CNC(=S)NCCC(=O)NC(C)(C)C. The van der Waals surface area contributed by atoms with Crippen molar-refractivity contribution < 1.29 is 4.79 Å². The van der Waals surface area contributed by atoms with E-state index < -0.39 is 0 Å². The molecule has 0 saturated heterocycles. The molecule has 0 atom stereocenters. The molecule has 1 amide bonds. The summed E-state index contributed by atoms with van der Waals surface area (Å²) in [5, 5.41) is 9.12. The summed E-state index contributed by atoms with van der Waals surface area (Å²) in [4.78, 5) is 11.3. The van der Waals surface area contributed by atoms with Crippen LogP contribution in [-0.4, -0.2) is 30.2 Å². The van der Waals surface area contributed by atoms with Crippen molar-refractivity contribution in [3.8, 4) is 0 Å². The first kappa shape index (κ1) is 13.2. The van der Waals surface area contributed by atoms with Crippen molar-refractivity contribution in [3.05, 3.63) is 0 Å². The van der Waals surface area contributed by atoms with E-state index in [1.807, 2.05) is 20.8 Å². The second kappa shape index (κ2) is 5.80. The molecule has 0 aromatic heterocycles. The molecule has 3 N–H and O–H groups in total. The number of rotatable bonds is 3. The van der Waals surface area contributed by atoms with E-state index in [0.29, 0.717) is 18.1 Å². The fourth-order valence-corrected chi connectivity index (χ4v) is 0.961. The van der Waals surface area contributed by atoms with Crippen LogP contribution in [0.5, 0.6) is 0 Å². The van der Waals surface area contributed by atoms with E-state index in [9.17, 15) is 4.79 Å². The van der Waals surface area contributed by atoms with Gasteiger partial charge in [-0.25, -0.2) is 0 Å². The Morgan fingerprint density at radius 3 is 2.36 bits per heavy atom. The Morgan fingerprint density at radius 1 is 1.36 bits per heavy atom. The van der Waals surface area contributed by atoms with Gasteiger partial charge >= 0.3 is 0 Å². The predicted octanol–water partition coefficient (Wildman–Crippen LogP) is 0.385. The van der Waals surface area contributed by atoms with Crippen molar-refractivity contribution in [1.29, 1.82) is 0 Å². The highest BCUT2D eigenvalue weighted by molar-refractivity contribution is 7.80. The minimum atomic E-state index is -0.166. The molecule has 0 aliphatic carbocycles. The maximum absolute atomic E-state index is 11.3. The van der Waals surface area contributed by atoms with Crippen LogP contribution in [0.15, 0.2) is 0 Å². The third-order valence-corrected chi connectivity index (χ3v) is 1.73. The quantitative estimate of drug-likeness (QED) is 0.598. The van der Waals surface area contributed by atoms with Gasteiger partial charge in [-0.05, 0) is 33.0 Å². The van der Waals surface area contributed by atoms with Crippen LogP contribution in [0.2, 0.25) is 0 Å². The summed E-state index contributed by atoms with van der Waals surface area (Å²) in [6.07, 6.45) is 0.430. The molecule has 14 heavy (non-hydrogen) atoms. The Balaban J connectivity index is 3.60. The molecule has 82 valence electrons. The lowest BCUT2D eigenvalue weighted by Gasteiger charge is -2.20. The molecule has 5 heteroatoms. The molecule has 0 spiro atoms. The molecule has 0 unspecified atom stereocenters. The summed E-state index contributed by atoms with van der Waals surface area (Å²) in [7, 11) is 1.74. The molecule has 0 saturated carbocycles. The maximum atomic E-state index is 11.3. The topological polar surface area (TPSA) is 53.2 Å². The molecule has 0 bridgehead atoms. The summed E-state index contributed by atoms with van der Waals surface area (Å²) in [5.74, 6) is 0.0314. The minimum Gasteiger partial charge on any atom is -0.366 e. The Kier molecular flexibility index (Phi) is 5.45. The van der Waals surface area contributed by atoms with Crippen LogP contribution in [0.25, 0.3) is 0 Å². The number of thiocarbonyl (C=S) groups is 1. The monoisotopic (exact) mass is 217 g/mol.